The third kappa shape index (κ3) is 1.53. The summed E-state index contributed by atoms with van der Waals surface area (Å²) in [7, 11) is 0. The Labute approximate surface area is 65.0 Å². The van der Waals surface area contributed by atoms with Gasteiger partial charge in [-0.3, -0.25) is 0 Å². The highest BCUT2D eigenvalue weighted by atomic mass is 14.3. The van der Waals surface area contributed by atoms with Crippen LogP contribution in [0.15, 0.2) is 0 Å². The fraction of sp³-hybridized carbons (Fsp3) is 1.00. The predicted octanol–water partition coefficient (Wildman–Crippen LogP) is 3.32. The van der Waals surface area contributed by atoms with Gasteiger partial charge in [0.15, 0.2) is 0 Å². The number of hydrogen-bond donors (Lipinski definition) is 0. The highest BCUT2D eigenvalue weighted by Crippen LogP contribution is 2.36. The third-order valence-corrected chi connectivity index (χ3v) is 3.34. The van der Waals surface area contributed by atoms with Crippen molar-refractivity contribution >= 4 is 0 Å². The fourth-order valence-corrected chi connectivity index (χ4v) is 2.36. The predicted molar refractivity (Wildman–Crippen MR) is 45.9 cm³/mol. The summed E-state index contributed by atoms with van der Waals surface area (Å²) in [5.74, 6) is 3.84. The van der Waals surface area contributed by atoms with Crippen LogP contribution in [0.5, 0.6) is 0 Å². The van der Waals surface area contributed by atoms with Crippen molar-refractivity contribution in [2.75, 3.05) is 0 Å². The van der Waals surface area contributed by atoms with Crippen LogP contribution in [0.4, 0.5) is 0 Å². The van der Waals surface area contributed by atoms with Gasteiger partial charge in [0.25, 0.3) is 0 Å². The molecule has 2 atom stereocenters. The van der Waals surface area contributed by atoms with Gasteiger partial charge in [0, 0.05) is 0 Å². The van der Waals surface area contributed by atoms with Gasteiger partial charge in [-0.25, -0.2) is 0 Å². The molecule has 0 spiro atoms. The largest absolute Gasteiger partial charge is 0.0625 e. The Morgan fingerprint density at radius 2 is 1.20 bits per heavy atom. The molecule has 0 heterocycles. The second-order valence-corrected chi connectivity index (χ2v) is 4.39. The summed E-state index contributed by atoms with van der Waals surface area (Å²) in [6, 6.07) is 0. The first-order valence-corrected chi connectivity index (χ1v) is 4.61. The summed E-state index contributed by atoms with van der Waals surface area (Å²) in [5.41, 5.74) is 0. The number of rotatable bonds is 0. The van der Waals surface area contributed by atoms with Gasteiger partial charge in [0.2, 0.25) is 0 Å². The van der Waals surface area contributed by atoms with Crippen LogP contribution in [-0.4, -0.2) is 0 Å². The molecular weight excluding hydrogens is 120 g/mol. The monoisotopic (exact) mass is 140 g/mol. The molecule has 10 heavy (non-hydrogen) atoms. The van der Waals surface area contributed by atoms with Crippen molar-refractivity contribution in [3.8, 4) is 0 Å². The molecule has 0 unspecified atom stereocenters. The molecule has 0 aliphatic heterocycles. The van der Waals surface area contributed by atoms with Crippen LogP contribution in [0.1, 0.15) is 40.5 Å². The first-order chi connectivity index (χ1) is 4.61. The molecule has 1 aliphatic carbocycles. The maximum atomic E-state index is 2.40. The van der Waals surface area contributed by atoms with E-state index in [0.717, 1.165) is 23.7 Å². The molecular formula is C10H20. The summed E-state index contributed by atoms with van der Waals surface area (Å²) in [6.07, 6.45) is 2.90. The van der Waals surface area contributed by atoms with E-state index in [2.05, 4.69) is 27.7 Å². The molecule has 1 aliphatic rings. The van der Waals surface area contributed by atoms with E-state index in [1.165, 1.54) is 12.8 Å². The molecule has 0 aromatic carbocycles. The lowest BCUT2D eigenvalue weighted by molar-refractivity contribution is 0.151. The first-order valence-electron chi connectivity index (χ1n) is 4.61. The zero-order chi connectivity index (χ0) is 7.72. The Morgan fingerprint density at radius 3 is 1.60 bits per heavy atom. The molecule has 0 bridgehead atoms. The molecule has 1 saturated carbocycles. The molecule has 0 aromatic heterocycles. The van der Waals surface area contributed by atoms with E-state index in [9.17, 15) is 0 Å². The van der Waals surface area contributed by atoms with E-state index in [1.807, 2.05) is 0 Å². The second-order valence-electron chi connectivity index (χ2n) is 4.39. The summed E-state index contributed by atoms with van der Waals surface area (Å²) in [4.78, 5) is 0. The molecule has 0 radical (unpaired) electrons. The summed E-state index contributed by atoms with van der Waals surface area (Å²) in [6.45, 7) is 9.59. The standard InChI is InChI=1S/C10H20/c1-7-5-8(2)10(4)9(3)6-7/h7-10H,5-6H2,1-4H3/t7?,8-,9-,10?/m0/s1. The van der Waals surface area contributed by atoms with Crippen LogP contribution in [0.2, 0.25) is 0 Å². The lowest BCUT2D eigenvalue weighted by atomic mass is 9.71. The smallest absolute Gasteiger partial charge is 0.0391 e. The quantitative estimate of drug-likeness (QED) is 0.484. The van der Waals surface area contributed by atoms with Crippen molar-refractivity contribution in [2.45, 2.75) is 40.5 Å². The van der Waals surface area contributed by atoms with Gasteiger partial charge in [0.1, 0.15) is 0 Å². The molecule has 0 nitrogen and oxygen atoms in total. The molecule has 60 valence electrons. The second kappa shape index (κ2) is 2.94. The average Bonchev–Trinajstić information content (AvgIpc) is 1.82. The summed E-state index contributed by atoms with van der Waals surface area (Å²) >= 11 is 0. The minimum Gasteiger partial charge on any atom is -0.0625 e. The highest BCUT2D eigenvalue weighted by Gasteiger charge is 2.27. The van der Waals surface area contributed by atoms with E-state index in [0.29, 0.717) is 0 Å². The molecule has 0 heteroatoms. The Morgan fingerprint density at radius 1 is 0.800 bits per heavy atom. The van der Waals surface area contributed by atoms with E-state index in [1.54, 1.807) is 0 Å². The van der Waals surface area contributed by atoms with Crippen molar-refractivity contribution in [3.63, 3.8) is 0 Å². The van der Waals surface area contributed by atoms with Crippen molar-refractivity contribution in [3.05, 3.63) is 0 Å². The molecule has 0 aromatic rings. The minimum absolute atomic E-state index is 0.955. The van der Waals surface area contributed by atoms with E-state index < -0.39 is 0 Å². The third-order valence-electron chi connectivity index (χ3n) is 3.34. The zero-order valence-electron chi connectivity index (χ0n) is 7.72. The SMILES string of the molecule is CC1C[C@H](C)C(C)[C@@H](C)C1. The van der Waals surface area contributed by atoms with Gasteiger partial charge in [-0.1, -0.05) is 27.7 Å². The van der Waals surface area contributed by atoms with Crippen molar-refractivity contribution in [1.82, 2.24) is 0 Å². The molecule has 0 saturated heterocycles. The van der Waals surface area contributed by atoms with Crippen LogP contribution in [0.3, 0.4) is 0 Å². The van der Waals surface area contributed by atoms with Gasteiger partial charge in [0.05, 0.1) is 0 Å². The van der Waals surface area contributed by atoms with Gasteiger partial charge < -0.3 is 0 Å². The van der Waals surface area contributed by atoms with Crippen molar-refractivity contribution in [2.24, 2.45) is 23.7 Å². The van der Waals surface area contributed by atoms with Crippen molar-refractivity contribution < 1.29 is 0 Å². The maximum Gasteiger partial charge on any atom is -0.0391 e. The normalized spacial score (nSPS) is 49.2. The molecule has 1 fully saturated rings. The zero-order valence-corrected chi connectivity index (χ0v) is 7.72. The maximum absolute atomic E-state index is 2.40. The molecule has 0 amide bonds. The first kappa shape index (κ1) is 8.10. The minimum atomic E-state index is 0.955. The summed E-state index contributed by atoms with van der Waals surface area (Å²) in [5, 5.41) is 0. The van der Waals surface area contributed by atoms with Crippen LogP contribution in [0, 0.1) is 23.7 Å². The van der Waals surface area contributed by atoms with Gasteiger partial charge in [-0.2, -0.15) is 0 Å². The Balaban J connectivity index is 2.49. The van der Waals surface area contributed by atoms with E-state index in [-0.39, 0.29) is 0 Å². The average molecular weight is 140 g/mol. The van der Waals surface area contributed by atoms with Crippen LogP contribution < -0.4 is 0 Å². The fourth-order valence-electron chi connectivity index (χ4n) is 2.36. The Kier molecular flexibility index (Phi) is 2.38. The Hall–Kier alpha value is 0. The van der Waals surface area contributed by atoms with Gasteiger partial charge >= 0.3 is 0 Å². The lowest BCUT2D eigenvalue weighted by Crippen LogP contribution is -2.26. The summed E-state index contributed by atoms with van der Waals surface area (Å²) < 4.78 is 0. The van der Waals surface area contributed by atoms with E-state index in [4.69, 9.17) is 0 Å². The number of hydrogen-bond acceptors (Lipinski definition) is 0. The topological polar surface area (TPSA) is 0 Å². The van der Waals surface area contributed by atoms with Gasteiger partial charge in [-0.15, -0.1) is 0 Å². The molecule has 0 N–H and O–H groups in total. The lowest BCUT2D eigenvalue weighted by Gasteiger charge is -2.35. The highest BCUT2D eigenvalue weighted by molar-refractivity contribution is 4.77. The molecule has 1 rings (SSSR count). The van der Waals surface area contributed by atoms with Crippen LogP contribution in [-0.2, 0) is 0 Å². The van der Waals surface area contributed by atoms with Crippen LogP contribution in [0.25, 0.3) is 0 Å². The van der Waals surface area contributed by atoms with Crippen LogP contribution >= 0.6 is 0 Å². The Bertz CT molecular complexity index is 94.6. The van der Waals surface area contributed by atoms with Gasteiger partial charge in [-0.05, 0) is 36.5 Å². The van der Waals surface area contributed by atoms with Crippen molar-refractivity contribution in [1.29, 1.82) is 0 Å². The van der Waals surface area contributed by atoms with E-state index >= 15 is 0 Å².